The molecular weight excluding hydrogens is 134 g/mol. The van der Waals surface area contributed by atoms with Gasteiger partial charge in [0.1, 0.15) is 0 Å². The minimum Gasteiger partial charge on any atom is -0.482 e. The Kier molecular flexibility index (Phi) is 1.92. The quantitative estimate of drug-likeness (QED) is 0.395. The summed E-state index contributed by atoms with van der Waals surface area (Å²) in [6, 6.07) is 0. The van der Waals surface area contributed by atoms with E-state index in [0.717, 1.165) is 0 Å². The normalized spacial score (nSPS) is 32.2. The molecule has 0 aromatic rings. The van der Waals surface area contributed by atoms with Crippen LogP contribution in [0.3, 0.4) is 0 Å². The van der Waals surface area contributed by atoms with Crippen molar-refractivity contribution in [1.29, 1.82) is 5.41 Å². The molecule has 4 heteroatoms. The van der Waals surface area contributed by atoms with Crippen LogP contribution in [0.2, 0.25) is 0 Å². The number of hydrogen-bond acceptors (Lipinski definition) is 4. The van der Waals surface area contributed by atoms with E-state index in [1.807, 2.05) is 0 Å². The maximum Gasteiger partial charge on any atom is 0.215 e. The van der Waals surface area contributed by atoms with Crippen LogP contribution in [0.15, 0.2) is 0 Å². The van der Waals surface area contributed by atoms with Crippen LogP contribution in [0.5, 0.6) is 0 Å². The van der Waals surface area contributed by atoms with Crippen molar-refractivity contribution >= 4 is 5.90 Å². The highest BCUT2D eigenvalue weighted by Crippen LogP contribution is 2.19. The first-order valence-corrected chi connectivity index (χ1v) is 3.12. The van der Waals surface area contributed by atoms with Crippen LogP contribution in [-0.2, 0) is 9.47 Å². The predicted octanol–water partition coefficient (Wildman–Crippen LogP) is -0.239. The highest BCUT2D eigenvalue weighted by molar-refractivity contribution is 5.82. The highest BCUT2D eigenvalue weighted by Gasteiger charge is 2.38. The topological polar surface area (TPSA) is 62.5 Å². The molecule has 1 unspecified atom stereocenters. The molecule has 0 aromatic heterocycles. The number of methoxy groups -OCH3 is 1. The van der Waals surface area contributed by atoms with Gasteiger partial charge in [0.05, 0.1) is 20.3 Å². The van der Waals surface area contributed by atoms with Gasteiger partial charge in [-0.1, -0.05) is 0 Å². The molecule has 0 saturated carbocycles. The minimum absolute atomic E-state index is 0.106. The highest BCUT2D eigenvalue weighted by atomic mass is 16.5. The first-order valence-electron chi connectivity index (χ1n) is 3.12. The smallest absolute Gasteiger partial charge is 0.215 e. The Bertz CT molecular complexity index is 140. The Morgan fingerprint density at radius 1 is 1.80 bits per heavy atom. The van der Waals surface area contributed by atoms with Crippen LogP contribution in [-0.4, -0.2) is 36.9 Å². The fraction of sp³-hybridized carbons (Fsp3) is 0.833. The Morgan fingerprint density at radius 2 is 2.50 bits per heavy atom. The molecule has 1 heterocycles. The van der Waals surface area contributed by atoms with E-state index in [1.54, 1.807) is 0 Å². The Morgan fingerprint density at radius 3 is 2.90 bits per heavy atom. The Hall–Kier alpha value is -0.610. The number of hydrogen-bond donors (Lipinski definition) is 2. The molecule has 1 aliphatic heterocycles. The van der Waals surface area contributed by atoms with Crippen molar-refractivity contribution in [2.75, 3.05) is 20.3 Å². The lowest BCUT2D eigenvalue weighted by molar-refractivity contribution is 0.0643. The predicted molar refractivity (Wildman–Crippen MR) is 35.1 cm³/mol. The zero-order valence-corrected chi connectivity index (χ0v) is 5.89. The van der Waals surface area contributed by atoms with Crippen molar-refractivity contribution in [3.63, 3.8) is 0 Å². The molecule has 2 N–H and O–H groups in total. The molecule has 0 aromatic carbocycles. The molecule has 1 atom stereocenters. The van der Waals surface area contributed by atoms with E-state index in [1.165, 1.54) is 7.11 Å². The molecule has 0 amide bonds. The molecule has 10 heavy (non-hydrogen) atoms. The van der Waals surface area contributed by atoms with E-state index in [-0.39, 0.29) is 12.5 Å². The maximum atomic E-state index is 9.49. The number of ether oxygens (including phenoxy) is 2. The van der Waals surface area contributed by atoms with Crippen molar-refractivity contribution < 1.29 is 14.6 Å². The van der Waals surface area contributed by atoms with Gasteiger partial charge >= 0.3 is 0 Å². The SMILES string of the molecule is COC(=N)C1(O)CCOC1. The molecule has 1 aliphatic rings. The summed E-state index contributed by atoms with van der Waals surface area (Å²) in [5.41, 5.74) is -1.16. The molecule has 0 bridgehead atoms. The van der Waals surface area contributed by atoms with Gasteiger partial charge in [-0.3, -0.25) is 5.41 Å². The van der Waals surface area contributed by atoms with Crippen molar-refractivity contribution in [1.82, 2.24) is 0 Å². The molecule has 0 radical (unpaired) electrons. The van der Waals surface area contributed by atoms with Gasteiger partial charge in [0.2, 0.25) is 5.90 Å². The molecular formula is C6H11NO3. The minimum atomic E-state index is -1.16. The van der Waals surface area contributed by atoms with Crippen LogP contribution in [0.1, 0.15) is 6.42 Å². The Balaban J connectivity index is 2.58. The van der Waals surface area contributed by atoms with Gasteiger partial charge in [0.25, 0.3) is 0 Å². The van der Waals surface area contributed by atoms with Crippen LogP contribution in [0.25, 0.3) is 0 Å². The lowest BCUT2D eigenvalue weighted by Gasteiger charge is -2.18. The van der Waals surface area contributed by atoms with Gasteiger partial charge in [0.15, 0.2) is 5.60 Å². The molecule has 0 spiro atoms. The molecule has 1 saturated heterocycles. The summed E-state index contributed by atoms with van der Waals surface area (Å²) in [5.74, 6) is -0.106. The average molecular weight is 145 g/mol. The standard InChI is InChI=1S/C6H11NO3/c1-9-5(7)6(8)2-3-10-4-6/h7-8H,2-4H2,1H3. The molecule has 1 rings (SSSR count). The lowest BCUT2D eigenvalue weighted by Crippen LogP contribution is -2.39. The zero-order chi connectivity index (χ0) is 7.61. The van der Waals surface area contributed by atoms with Crippen LogP contribution in [0, 0.1) is 5.41 Å². The van der Waals surface area contributed by atoms with E-state index in [0.29, 0.717) is 13.0 Å². The maximum absolute atomic E-state index is 9.49. The summed E-state index contributed by atoms with van der Waals surface area (Å²) < 4.78 is 9.50. The fourth-order valence-corrected chi connectivity index (χ4v) is 0.923. The van der Waals surface area contributed by atoms with Gasteiger partial charge in [0, 0.05) is 6.42 Å². The molecule has 1 fully saturated rings. The van der Waals surface area contributed by atoms with Gasteiger partial charge in [-0.2, -0.15) is 0 Å². The van der Waals surface area contributed by atoms with Gasteiger partial charge in [-0.05, 0) is 0 Å². The molecule has 0 aliphatic carbocycles. The fourth-order valence-electron chi connectivity index (χ4n) is 0.923. The molecule has 4 nitrogen and oxygen atoms in total. The number of rotatable bonds is 1. The summed E-state index contributed by atoms with van der Waals surface area (Å²) in [4.78, 5) is 0. The lowest BCUT2D eigenvalue weighted by atomic mass is 10.0. The third-order valence-electron chi connectivity index (χ3n) is 1.63. The van der Waals surface area contributed by atoms with Crippen molar-refractivity contribution in [3.8, 4) is 0 Å². The van der Waals surface area contributed by atoms with Crippen molar-refractivity contribution in [3.05, 3.63) is 0 Å². The summed E-state index contributed by atoms with van der Waals surface area (Å²) in [5, 5.41) is 16.7. The van der Waals surface area contributed by atoms with E-state index in [2.05, 4.69) is 4.74 Å². The summed E-state index contributed by atoms with van der Waals surface area (Å²) in [6.07, 6.45) is 0.458. The first-order chi connectivity index (χ1) is 4.69. The average Bonchev–Trinajstić information content (AvgIpc) is 2.36. The summed E-state index contributed by atoms with van der Waals surface area (Å²) in [6.45, 7) is 0.682. The summed E-state index contributed by atoms with van der Waals surface area (Å²) >= 11 is 0. The first kappa shape index (κ1) is 7.50. The van der Waals surface area contributed by atoms with Gasteiger partial charge < -0.3 is 14.6 Å². The molecule has 58 valence electrons. The van der Waals surface area contributed by atoms with E-state index < -0.39 is 5.60 Å². The largest absolute Gasteiger partial charge is 0.482 e. The second-order valence-electron chi connectivity index (χ2n) is 2.37. The Labute approximate surface area is 59.3 Å². The zero-order valence-electron chi connectivity index (χ0n) is 5.89. The van der Waals surface area contributed by atoms with Crippen LogP contribution in [0.4, 0.5) is 0 Å². The second-order valence-corrected chi connectivity index (χ2v) is 2.37. The number of nitrogens with one attached hydrogen (secondary N) is 1. The third kappa shape index (κ3) is 1.12. The summed E-state index contributed by atoms with van der Waals surface area (Å²) in [7, 11) is 1.37. The monoisotopic (exact) mass is 145 g/mol. The van der Waals surface area contributed by atoms with Crippen LogP contribution >= 0.6 is 0 Å². The second kappa shape index (κ2) is 2.56. The van der Waals surface area contributed by atoms with E-state index >= 15 is 0 Å². The van der Waals surface area contributed by atoms with Crippen molar-refractivity contribution in [2.45, 2.75) is 12.0 Å². The van der Waals surface area contributed by atoms with Crippen molar-refractivity contribution in [2.24, 2.45) is 0 Å². The third-order valence-corrected chi connectivity index (χ3v) is 1.63. The van der Waals surface area contributed by atoms with Gasteiger partial charge in [-0.15, -0.1) is 0 Å². The number of aliphatic hydroxyl groups is 1. The van der Waals surface area contributed by atoms with Gasteiger partial charge in [-0.25, -0.2) is 0 Å². The van der Waals surface area contributed by atoms with E-state index in [9.17, 15) is 5.11 Å². The van der Waals surface area contributed by atoms with E-state index in [4.69, 9.17) is 10.1 Å². The van der Waals surface area contributed by atoms with Crippen LogP contribution < -0.4 is 0 Å².